The van der Waals surface area contributed by atoms with Crippen molar-refractivity contribution >= 4 is 17.3 Å². The summed E-state index contributed by atoms with van der Waals surface area (Å²) in [6, 6.07) is 6.78. The molecule has 1 aromatic carbocycles. The fourth-order valence-electron chi connectivity index (χ4n) is 1.85. The van der Waals surface area contributed by atoms with Crippen LogP contribution >= 0.6 is 0 Å². The van der Waals surface area contributed by atoms with Crippen molar-refractivity contribution in [2.45, 2.75) is 20.4 Å². The average molecular weight is 288 g/mol. The summed E-state index contributed by atoms with van der Waals surface area (Å²) in [4.78, 5) is 35.6. The molecule has 1 amide bonds. The molecule has 0 aliphatic heterocycles. The lowest BCUT2D eigenvalue weighted by molar-refractivity contribution is -0.117. The van der Waals surface area contributed by atoms with E-state index in [4.69, 9.17) is 5.73 Å². The van der Waals surface area contributed by atoms with Gasteiger partial charge in [-0.05, 0) is 26.0 Å². The molecule has 0 saturated heterocycles. The van der Waals surface area contributed by atoms with Gasteiger partial charge in [0, 0.05) is 11.1 Å². The molecule has 110 valence electrons. The van der Waals surface area contributed by atoms with Crippen molar-refractivity contribution in [3.05, 3.63) is 56.1 Å². The van der Waals surface area contributed by atoms with E-state index in [-0.39, 0.29) is 12.1 Å². The van der Waals surface area contributed by atoms with Crippen molar-refractivity contribution in [1.82, 2.24) is 9.78 Å². The number of benzene rings is 1. The summed E-state index contributed by atoms with van der Waals surface area (Å²) in [5.41, 5.74) is 6.49. The van der Waals surface area contributed by atoms with Gasteiger partial charge in [0.15, 0.2) is 0 Å². The van der Waals surface area contributed by atoms with Crippen LogP contribution in [0.2, 0.25) is 0 Å². The smallest absolute Gasteiger partial charge is 0.268 e. The summed E-state index contributed by atoms with van der Waals surface area (Å²) in [5.74, 6) is -0.450. The van der Waals surface area contributed by atoms with Gasteiger partial charge in [0.05, 0.1) is 11.4 Å². The van der Waals surface area contributed by atoms with Gasteiger partial charge in [-0.15, -0.1) is 0 Å². The number of amides is 1. The second kappa shape index (κ2) is 5.66. The van der Waals surface area contributed by atoms with Crippen molar-refractivity contribution in [3.63, 3.8) is 0 Å². The van der Waals surface area contributed by atoms with Crippen LogP contribution in [0, 0.1) is 13.8 Å². The minimum absolute atomic E-state index is 0.288. The maximum atomic E-state index is 12.0. The molecular weight excluding hydrogens is 272 g/mol. The number of carbonyl (C=O) groups excluding carboxylic acids is 1. The molecule has 1 heterocycles. The summed E-state index contributed by atoms with van der Waals surface area (Å²) in [5, 5.41) is 4.97. The van der Waals surface area contributed by atoms with Gasteiger partial charge in [-0.3, -0.25) is 19.5 Å². The van der Waals surface area contributed by atoms with E-state index < -0.39 is 11.5 Å². The van der Waals surface area contributed by atoms with Gasteiger partial charge in [0.1, 0.15) is 6.54 Å². The third kappa shape index (κ3) is 3.02. The molecule has 7 heteroatoms. The maximum Gasteiger partial charge on any atom is 0.268 e. The summed E-state index contributed by atoms with van der Waals surface area (Å²) in [6.07, 6.45) is 0. The van der Waals surface area contributed by atoms with Crippen molar-refractivity contribution in [2.75, 3.05) is 11.1 Å². The topological polar surface area (TPSA) is 110 Å². The highest BCUT2D eigenvalue weighted by Gasteiger charge is 2.11. The molecule has 0 spiro atoms. The molecule has 0 unspecified atom stereocenters. The summed E-state index contributed by atoms with van der Waals surface area (Å²) in [7, 11) is 0. The van der Waals surface area contributed by atoms with Gasteiger partial charge in [-0.2, -0.15) is 0 Å². The summed E-state index contributed by atoms with van der Waals surface area (Å²) in [6.45, 7) is 2.82. The molecule has 21 heavy (non-hydrogen) atoms. The maximum absolute atomic E-state index is 12.0. The minimum Gasteiger partial charge on any atom is -0.397 e. The van der Waals surface area contributed by atoms with Crippen LogP contribution in [0.5, 0.6) is 0 Å². The van der Waals surface area contributed by atoms with Crippen LogP contribution in [0.15, 0.2) is 33.9 Å². The normalized spacial score (nSPS) is 10.4. The predicted octanol–water partition coefficient (Wildman–Crippen LogP) is 0.374. The highest BCUT2D eigenvalue weighted by molar-refractivity contribution is 5.93. The van der Waals surface area contributed by atoms with Gasteiger partial charge < -0.3 is 11.1 Å². The van der Waals surface area contributed by atoms with Crippen LogP contribution < -0.4 is 22.2 Å². The number of nitrogens with two attached hydrogens (primary N) is 1. The van der Waals surface area contributed by atoms with Gasteiger partial charge in [-0.25, -0.2) is 4.68 Å². The Labute approximate surface area is 120 Å². The zero-order chi connectivity index (χ0) is 15.6. The molecule has 0 radical (unpaired) electrons. The van der Waals surface area contributed by atoms with E-state index in [0.29, 0.717) is 22.5 Å². The second-order valence-corrected chi connectivity index (χ2v) is 4.72. The minimum atomic E-state index is -0.450. The highest BCUT2D eigenvalue weighted by atomic mass is 16.2. The Morgan fingerprint density at radius 3 is 2.57 bits per heavy atom. The average Bonchev–Trinajstić information content (AvgIpc) is 2.45. The van der Waals surface area contributed by atoms with Crippen molar-refractivity contribution in [3.8, 4) is 0 Å². The molecular formula is C14H16N4O3. The monoisotopic (exact) mass is 288 g/mol. The lowest BCUT2D eigenvalue weighted by Crippen LogP contribution is -2.36. The number of carbonyl (C=O) groups is 1. The van der Waals surface area contributed by atoms with E-state index in [1.807, 2.05) is 0 Å². The van der Waals surface area contributed by atoms with Gasteiger partial charge in [-0.1, -0.05) is 12.1 Å². The Kier molecular flexibility index (Phi) is 3.93. The summed E-state index contributed by atoms with van der Waals surface area (Å²) >= 11 is 0. The van der Waals surface area contributed by atoms with Crippen LogP contribution in [-0.2, 0) is 11.3 Å². The number of rotatable bonds is 3. The molecule has 7 nitrogen and oxygen atoms in total. The number of aromatic nitrogens is 2. The van der Waals surface area contributed by atoms with Crippen molar-refractivity contribution < 1.29 is 4.79 Å². The fraction of sp³-hybridized carbons (Fsp3) is 0.214. The first kappa shape index (κ1) is 14.6. The number of aromatic amines is 1. The number of para-hydroxylation sites is 2. The van der Waals surface area contributed by atoms with Gasteiger partial charge in [0.2, 0.25) is 5.91 Å². The molecule has 0 bridgehead atoms. The Morgan fingerprint density at radius 1 is 1.24 bits per heavy atom. The molecule has 0 aliphatic rings. The van der Waals surface area contributed by atoms with E-state index >= 15 is 0 Å². The lowest BCUT2D eigenvalue weighted by atomic mass is 10.2. The summed E-state index contributed by atoms with van der Waals surface area (Å²) < 4.78 is 0.985. The Morgan fingerprint density at radius 2 is 1.90 bits per heavy atom. The SMILES string of the molecule is Cc1c(C)c(=O)n(CC(=O)Nc2ccccc2N)[nH]c1=O. The van der Waals surface area contributed by atoms with Gasteiger partial charge >= 0.3 is 0 Å². The van der Waals surface area contributed by atoms with Crippen LogP contribution in [0.3, 0.4) is 0 Å². The van der Waals surface area contributed by atoms with Crippen LogP contribution in [0.1, 0.15) is 11.1 Å². The highest BCUT2D eigenvalue weighted by Crippen LogP contribution is 2.16. The molecule has 0 atom stereocenters. The zero-order valence-corrected chi connectivity index (χ0v) is 11.8. The van der Waals surface area contributed by atoms with E-state index in [1.54, 1.807) is 38.1 Å². The van der Waals surface area contributed by atoms with Crippen LogP contribution in [0.4, 0.5) is 11.4 Å². The number of hydrogen-bond donors (Lipinski definition) is 3. The molecule has 1 aromatic heterocycles. The van der Waals surface area contributed by atoms with Crippen molar-refractivity contribution in [2.24, 2.45) is 0 Å². The number of nitrogen functional groups attached to an aromatic ring is 1. The largest absolute Gasteiger partial charge is 0.397 e. The first-order valence-corrected chi connectivity index (χ1v) is 6.35. The molecule has 2 aromatic rings. The van der Waals surface area contributed by atoms with Crippen LogP contribution in [0.25, 0.3) is 0 Å². The first-order chi connectivity index (χ1) is 9.90. The Balaban J connectivity index is 2.24. The first-order valence-electron chi connectivity index (χ1n) is 6.35. The number of nitrogens with zero attached hydrogens (tertiary/aromatic N) is 1. The second-order valence-electron chi connectivity index (χ2n) is 4.72. The van der Waals surface area contributed by atoms with E-state index in [1.165, 1.54) is 0 Å². The van der Waals surface area contributed by atoms with E-state index in [9.17, 15) is 14.4 Å². The third-order valence-electron chi connectivity index (χ3n) is 3.24. The molecule has 0 saturated carbocycles. The molecule has 2 rings (SSSR count). The van der Waals surface area contributed by atoms with E-state index in [0.717, 1.165) is 4.68 Å². The lowest BCUT2D eigenvalue weighted by Gasteiger charge is -2.10. The quantitative estimate of drug-likeness (QED) is 0.709. The van der Waals surface area contributed by atoms with Crippen molar-refractivity contribution in [1.29, 1.82) is 0 Å². The predicted molar refractivity (Wildman–Crippen MR) is 80.3 cm³/mol. The number of hydrogen-bond acceptors (Lipinski definition) is 4. The Bertz CT molecular complexity index is 805. The number of nitrogens with one attached hydrogen (secondary N) is 2. The molecule has 4 N–H and O–H groups in total. The Hall–Kier alpha value is -2.83. The fourth-order valence-corrected chi connectivity index (χ4v) is 1.85. The van der Waals surface area contributed by atoms with E-state index in [2.05, 4.69) is 10.4 Å². The zero-order valence-electron chi connectivity index (χ0n) is 11.8. The molecule has 0 aliphatic carbocycles. The number of H-pyrrole nitrogens is 1. The van der Waals surface area contributed by atoms with Gasteiger partial charge in [0.25, 0.3) is 11.1 Å². The standard InChI is InChI=1S/C14H16N4O3/c1-8-9(2)14(21)18(17-13(8)20)7-12(19)16-11-6-4-3-5-10(11)15/h3-6H,7,15H2,1-2H3,(H,16,19)(H,17,20). The van der Waals surface area contributed by atoms with Crippen LogP contribution in [-0.4, -0.2) is 15.7 Å². The number of anilines is 2. The third-order valence-corrected chi connectivity index (χ3v) is 3.24. The molecule has 0 fully saturated rings.